The fourth-order valence-corrected chi connectivity index (χ4v) is 21.1. The molecule has 0 spiro atoms. The van der Waals surface area contributed by atoms with E-state index in [0.29, 0.717) is 0 Å². The quantitative estimate of drug-likeness (QED) is 0.167. The minimum absolute atomic E-state index is 0. The van der Waals surface area contributed by atoms with Crippen molar-refractivity contribution in [2.45, 2.75) is 68.1 Å². The fraction of sp³-hybridized carbons (Fsp3) is 0.196. The zero-order chi connectivity index (χ0) is 40.1. The first-order chi connectivity index (χ1) is 28.7. The summed E-state index contributed by atoms with van der Waals surface area (Å²) in [5.41, 5.74) is 19.2. The Labute approximate surface area is 379 Å². The van der Waals surface area contributed by atoms with Gasteiger partial charge in [0.2, 0.25) is 0 Å². The van der Waals surface area contributed by atoms with Gasteiger partial charge in [0.25, 0.3) is 0 Å². The second kappa shape index (κ2) is 16.2. The third kappa shape index (κ3) is 6.84. The van der Waals surface area contributed by atoms with Crippen molar-refractivity contribution in [2.24, 2.45) is 0 Å². The summed E-state index contributed by atoms with van der Waals surface area (Å²) in [5, 5.41) is 5.10. The molecule has 3 aliphatic rings. The summed E-state index contributed by atoms with van der Waals surface area (Å²) < 4.78 is 15.8. The molecule has 2 atom stereocenters. The number of fused-ring (bicyclic) bond motifs is 4. The van der Waals surface area contributed by atoms with Gasteiger partial charge in [0.1, 0.15) is 0 Å². The average Bonchev–Trinajstić information content (AvgIpc) is 4.02. The Morgan fingerprint density at radius 1 is 0.475 bits per heavy atom. The summed E-state index contributed by atoms with van der Waals surface area (Å²) in [6.07, 6.45) is 8.83. The van der Waals surface area contributed by atoms with Crippen molar-refractivity contribution in [1.29, 1.82) is 0 Å². The average molecular weight is 915 g/mol. The van der Waals surface area contributed by atoms with Gasteiger partial charge in [-0.3, -0.25) is 0 Å². The van der Waals surface area contributed by atoms with Crippen molar-refractivity contribution >= 4 is 48.0 Å². The van der Waals surface area contributed by atoms with E-state index in [4.69, 9.17) is 8.83 Å². The zero-order valence-electron chi connectivity index (χ0n) is 35.6. The normalized spacial score (nSPS) is 16.2. The Hall–Kier alpha value is -4.79. The van der Waals surface area contributed by atoms with Gasteiger partial charge in [-0.15, -0.1) is 0 Å². The van der Waals surface area contributed by atoms with Crippen molar-refractivity contribution in [2.75, 3.05) is 0 Å². The molecule has 1 saturated carbocycles. The minimum Gasteiger partial charge on any atom is -1.00 e. The monoisotopic (exact) mass is 912 g/mol. The predicted octanol–water partition coefficient (Wildman–Crippen LogP) is 9.24. The maximum atomic E-state index is 6.69. The molecule has 2 nitrogen and oxygen atoms in total. The molecule has 8 aromatic rings. The number of rotatable bonds is 6. The Morgan fingerprint density at radius 3 is 1.28 bits per heavy atom. The first kappa shape index (κ1) is 41.6. The van der Waals surface area contributed by atoms with Crippen LogP contribution >= 0.6 is 0 Å². The molecule has 11 rings (SSSR count). The van der Waals surface area contributed by atoms with Crippen LogP contribution in [0.25, 0.3) is 67.1 Å². The maximum Gasteiger partial charge on any atom is -1.00 e. The van der Waals surface area contributed by atoms with Gasteiger partial charge in [-0.1, -0.05) is 0 Å². The molecule has 0 saturated heterocycles. The fourth-order valence-electron chi connectivity index (χ4n) is 10.5. The van der Waals surface area contributed by atoms with Gasteiger partial charge in [0, 0.05) is 0 Å². The zero-order valence-corrected chi connectivity index (χ0v) is 39.5. The molecule has 2 heterocycles. The molecule has 302 valence electrons. The Kier molecular flexibility index (Phi) is 11.0. The van der Waals surface area contributed by atoms with Crippen LogP contribution in [0, 0.1) is 41.5 Å². The van der Waals surface area contributed by atoms with E-state index < -0.39 is 21.3 Å². The number of furan rings is 2. The van der Waals surface area contributed by atoms with Crippen LogP contribution in [0.5, 0.6) is 0 Å². The number of benzene rings is 6. The third-order valence-electron chi connectivity index (χ3n) is 13.8. The number of halogens is 2. The number of allylic oxidation sites excluding steroid dienone is 2. The van der Waals surface area contributed by atoms with Gasteiger partial charge in [-0.05, 0) is 0 Å². The first-order valence-electron chi connectivity index (χ1n) is 21.3. The largest absolute Gasteiger partial charge is 1.00 e. The summed E-state index contributed by atoms with van der Waals surface area (Å²) in [4.78, 5) is 0. The standard InChI is InChI=1S/2C26H21O.C4H6.2ClH.Zr/c2*1-16-12-22-14-23(25-11-8-17(2)27-25)15-24(22)26(18(16)3)21-10-9-19-6-4-5-7-20(19)13-21;1-2-4-3-1;;;/h2*4-15H,1-3H3;1-3H2;2*1H;/q;;;;;+2/p-2. The summed E-state index contributed by atoms with van der Waals surface area (Å²) >= 11 is -2.88. The molecule has 0 radical (unpaired) electrons. The maximum absolute atomic E-state index is 6.69. The molecular formula is C56H48Cl2O2Zr. The third-order valence-corrected chi connectivity index (χ3v) is 23.1. The summed E-state index contributed by atoms with van der Waals surface area (Å²) in [5.74, 6) is 3.97. The van der Waals surface area contributed by atoms with Gasteiger partial charge >= 0.3 is 357 Å². The van der Waals surface area contributed by atoms with Crippen molar-refractivity contribution in [3.63, 3.8) is 0 Å². The van der Waals surface area contributed by atoms with Crippen molar-refractivity contribution < 1.29 is 54.9 Å². The Morgan fingerprint density at radius 2 is 0.902 bits per heavy atom. The van der Waals surface area contributed by atoms with Crippen LogP contribution in [0.3, 0.4) is 0 Å². The van der Waals surface area contributed by atoms with Gasteiger partial charge in [-0.2, -0.15) is 0 Å². The molecule has 0 amide bonds. The molecule has 2 aromatic heterocycles. The van der Waals surface area contributed by atoms with Crippen LogP contribution in [0.1, 0.15) is 94.1 Å². The van der Waals surface area contributed by atoms with E-state index in [-0.39, 0.29) is 32.1 Å². The number of hydrogen-bond acceptors (Lipinski definition) is 2. The van der Waals surface area contributed by atoms with Crippen LogP contribution in [0.15, 0.2) is 130 Å². The van der Waals surface area contributed by atoms with Crippen LogP contribution in [0.2, 0.25) is 0 Å². The van der Waals surface area contributed by atoms with E-state index in [2.05, 4.69) is 175 Å². The summed E-state index contributed by atoms with van der Waals surface area (Å²) in [6, 6.07) is 45.5. The molecule has 2 unspecified atom stereocenters. The van der Waals surface area contributed by atoms with Gasteiger partial charge in [-0.25, -0.2) is 0 Å². The van der Waals surface area contributed by atoms with Crippen LogP contribution < -0.4 is 24.8 Å². The van der Waals surface area contributed by atoms with E-state index in [1.54, 1.807) is 0 Å². The molecule has 1 fully saturated rings. The molecule has 3 aliphatic carbocycles. The first-order valence-corrected chi connectivity index (χ1v) is 25.3. The molecule has 5 heteroatoms. The molecule has 0 aliphatic heterocycles. The molecular weight excluding hydrogens is 867 g/mol. The molecule has 0 N–H and O–H groups in total. The Balaban J connectivity index is 0.00000238. The van der Waals surface area contributed by atoms with E-state index in [9.17, 15) is 0 Å². The predicted molar refractivity (Wildman–Crippen MR) is 245 cm³/mol. The van der Waals surface area contributed by atoms with Gasteiger partial charge in [0.05, 0.1) is 0 Å². The topological polar surface area (TPSA) is 26.3 Å². The second-order valence-electron chi connectivity index (χ2n) is 17.3. The number of aryl methyl sites for hydroxylation is 4. The molecule has 61 heavy (non-hydrogen) atoms. The van der Waals surface area contributed by atoms with E-state index >= 15 is 0 Å². The number of hydrogen-bond donors (Lipinski definition) is 0. The van der Waals surface area contributed by atoms with Crippen LogP contribution in [-0.4, -0.2) is 3.21 Å². The van der Waals surface area contributed by atoms with Gasteiger partial charge < -0.3 is 24.8 Å². The van der Waals surface area contributed by atoms with Gasteiger partial charge in [0.15, 0.2) is 0 Å². The van der Waals surface area contributed by atoms with E-state index in [1.807, 2.05) is 3.21 Å². The molecule has 6 aromatic carbocycles. The van der Waals surface area contributed by atoms with Crippen LogP contribution in [0.4, 0.5) is 0 Å². The summed E-state index contributed by atoms with van der Waals surface area (Å²) in [7, 11) is 0. The summed E-state index contributed by atoms with van der Waals surface area (Å²) in [6.45, 7) is 13.5. The van der Waals surface area contributed by atoms with Crippen molar-refractivity contribution in [1.82, 2.24) is 0 Å². The van der Waals surface area contributed by atoms with Crippen molar-refractivity contribution in [3.05, 3.63) is 189 Å². The minimum atomic E-state index is -2.88. The van der Waals surface area contributed by atoms with Crippen LogP contribution in [-0.2, 0) is 21.3 Å². The van der Waals surface area contributed by atoms with E-state index in [0.717, 1.165) is 23.0 Å². The van der Waals surface area contributed by atoms with Crippen molar-refractivity contribution in [3.8, 4) is 22.3 Å². The second-order valence-corrected chi connectivity index (χ2v) is 24.1. The smallest absolute Gasteiger partial charge is 1.00 e. The molecule has 0 bridgehead atoms. The SMILES string of the molecule is Cc1ccc(C2=Cc3c(cc(C)c(C)c3-c3ccc4ccccc4c3)[CH]2[Zr+2](=[C]2CCC2)[CH]2C(c3ccc(C)o3)=Cc3c2cc(C)c(C)c3-c2ccc3ccccc3c2)o1.[Cl-].[Cl-]. The Bertz CT molecular complexity index is 2960. The van der Waals surface area contributed by atoms with E-state index in [1.165, 1.54) is 119 Å².